The lowest BCUT2D eigenvalue weighted by atomic mass is 10.1. The van der Waals surface area contributed by atoms with Gasteiger partial charge in [0.15, 0.2) is 0 Å². The van der Waals surface area contributed by atoms with Gasteiger partial charge in [-0.2, -0.15) is 12.6 Å². The average Bonchev–Trinajstić information content (AvgIpc) is 2.65. The Morgan fingerprint density at radius 1 is 1.03 bits per heavy atom. The van der Waals surface area contributed by atoms with Crippen LogP contribution in [0, 0.1) is 0 Å². The number of rotatable bonds is 15. The van der Waals surface area contributed by atoms with Crippen LogP contribution < -0.4 is 27.0 Å². The van der Waals surface area contributed by atoms with Crippen LogP contribution in [0.15, 0.2) is 0 Å². The number of thiol groups is 1. The van der Waals surface area contributed by atoms with Crippen molar-refractivity contribution in [2.24, 2.45) is 5.73 Å². The standard InChI is InChI=1S/C15H25N5O8S/c16-8(6-18-11(22)2-1-9(15(27)28)19-7-21)13(25)20-10(5-12(23)24)14(26)17-3-4-29/h7-10,29H,1-6,16H2,(H,17,26)(H,18,22)(H,19,21)(H,20,25)(H,23,24)(H,27,28). The molecule has 0 aliphatic carbocycles. The van der Waals surface area contributed by atoms with E-state index in [4.69, 9.17) is 15.9 Å². The van der Waals surface area contributed by atoms with E-state index in [2.05, 4.69) is 28.6 Å². The molecule has 0 spiro atoms. The van der Waals surface area contributed by atoms with Crippen LogP contribution in [-0.4, -0.2) is 83.3 Å². The van der Waals surface area contributed by atoms with Gasteiger partial charge in [0.1, 0.15) is 18.1 Å². The summed E-state index contributed by atoms with van der Waals surface area (Å²) in [6.45, 7) is -0.159. The van der Waals surface area contributed by atoms with Crippen molar-refractivity contribution in [2.45, 2.75) is 37.4 Å². The monoisotopic (exact) mass is 435 g/mol. The highest BCUT2D eigenvalue weighted by Crippen LogP contribution is 1.98. The van der Waals surface area contributed by atoms with Crippen LogP contribution in [-0.2, 0) is 28.8 Å². The third kappa shape index (κ3) is 11.5. The number of aliphatic carboxylic acids is 2. The van der Waals surface area contributed by atoms with E-state index in [9.17, 15) is 28.8 Å². The molecule has 4 amide bonds. The zero-order chi connectivity index (χ0) is 22.4. The van der Waals surface area contributed by atoms with Crippen LogP contribution in [0.2, 0.25) is 0 Å². The van der Waals surface area contributed by atoms with E-state index in [1.54, 1.807) is 0 Å². The van der Waals surface area contributed by atoms with Gasteiger partial charge in [-0.05, 0) is 6.42 Å². The number of hydrogen-bond acceptors (Lipinski definition) is 8. The molecule has 13 nitrogen and oxygen atoms in total. The van der Waals surface area contributed by atoms with Crippen LogP contribution in [0.25, 0.3) is 0 Å². The Kier molecular flexibility index (Phi) is 12.8. The minimum atomic E-state index is -1.35. The first-order chi connectivity index (χ1) is 13.6. The van der Waals surface area contributed by atoms with Gasteiger partial charge in [0.25, 0.3) is 0 Å². The molecule has 0 fully saturated rings. The molecule has 0 aliphatic rings. The van der Waals surface area contributed by atoms with Crippen LogP contribution in [0.3, 0.4) is 0 Å². The van der Waals surface area contributed by atoms with E-state index < -0.39 is 54.2 Å². The van der Waals surface area contributed by atoms with Crippen LogP contribution in [0.1, 0.15) is 19.3 Å². The van der Waals surface area contributed by atoms with E-state index in [-0.39, 0.29) is 32.3 Å². The Morgan fingerprint density at radius 3 is 2.21 bits per heavy atom. The van der Waals surface area contributed by atoms with Gasteiger partial charge < -0.3 is 37.2 Å². The lowest BCUT2D eigenvalue weighted by Crippen LogP contribution is -2.55. The second kappa shape index (κ2) is 14.2. The first kappa shape index (κ1) is 26.1. The number of hydrogen-bond donors (Lipinski definition) is 8. The Labute approximate surface area is 171 Å². The van der Waals surface area contributed by atoms with Crippen molar-refractivity contribution in [3.8, 4) is 0 Å². The fourth-order valence-electron chi connectivity index (χ4n) is 2.01. The second-order valence-corrected chi connectivity index (χ2v) is 6.25. The highest BCUT2D eigenvalue weighted by atomic mass is 32.1. The van der Waals surface area contributed by atoms with Crippen molar-refractivity contribution in [1.29, 1.82) is 0 Å². The Balaban J connectivity index is 4.56. The number of nitrogens with two attached hydrogens (primary N) is 1. The summed E-state index contributed by atoms with van der Waals surface area (Å²) in [4.78, 5) is 67.7. The predicted molar refractivity (Wildman–Crippen MR) is 102 cm³/mol. The molecule has 29 heavy (non-hydrogen) atoms. The average molecular weight is 435 g/mol. The number of carbonyl (C=O) groups excluding carboxylic acids is 4. The lowest BCUT2D eigenvalue weighted by molar-refractivity contribution is -0.141. The molecule has 0 aromatic heterocycles. The van der Waals surface area contributed by atoms with Crippen molar-refractivity contribution in [2.75, 3.05) is 18.8 Å². The molecule has 0 saturated heterocycles. The van der Waals surface area contributed by atoms with E-state index in [1.807, 2.05) is 5.32 Å². The van der Waals surface area contributed by atoms with Crippen LogP contribution in [0.4, 0.5) is 0 Å². The smallest absolute Gasteiger partial charge is 0.326 e. The summed E-state index contributed by atoms with van der Waals surface area (Å²) in [6, 6.07) is -3.87. The number of carbonyl (C=O) groups is 6. The maximum Gasteiger partial charge on any atom is 0.326 e. The number of nitrogens with one attached hydrogen (secondary N) is 4. The van der Waals surface area contributed by atoms with Crippen LogP contribution >= 0.6 is 12.6 Å². The molecule has 3 atom stereocenters. The molecule has 0 aromatic carbocycles. The zero-order valence-corrected chi connectivity index (χ0v) is 16.3. The molecule has 0 radical (unpaired) electrons. The second-order valence-electron chi connectivity index (χ2n) is 5.80. The number of carboxylic acid groups (broad SMARTS) is 2. The zero-order valence-electron chi connectivity index (χ0n) is 15.4. The van der Waals surface area contributed by atoms with Gasteiger partial charge in [0.05, 0.1) is 6.42 Å². The van der Waals surface area contributed by atoms with E-state index in [0.717, 1.165) is 0 Å². The van der Waals surface area contributed by atoms with Crippen molar-refractivity contribution in [3.05, 3.63) is 0 Å². The normalized spacial score (nSPS) is 13.3. The summed E-state index contributed by atoms with van der Waals surface area (Å²) in [7, 11) is 0. The number of carboxylic acids is 2. The van der Waals surface area contributed by atoms with Gasteiger partial charge in [0.2, 0.25) is 24.1 Å². The summed E-state index contributed by atoms with van der Waals surface area (Å²) < 4.78 is 0. The minimum absolute atomic E-state index is 0.173. The molecule has 0 aliphatic heterocycles. The molecule has 0 aromatic rings. The molecule has 3 unspecified atom stereocenters. The van der Waals surface area contributed by atoms with Gasteiger partial charge in [-0.3, -0.25) is 24.0 Å². The molecule has 0 heterocycles. The Morgan fingerprint density at radius 2 is 1.69 bits per heavy atom. The van der Waals surface area contributed by atoms with Gasteiger partial charge in [-0.1, -0.05) is 0 Å². The fourth-order valence-corrected chi connectivity index (χ4v) is 2.12. The number of amides is 4. The summed E-state index contributed by atoms with van der Waals surface area (Å²) in [5.74, 6) is -4.48. The SMILES string of the molecule is NC(CNC(=O)CCC(NC=O)C(=O)O)C(=O)NC(CC(=O)O)C(=O)NCCS. The summed E-state index contributed by atoms with van der Waals surface area (Å²) >= 11 is 3.90. The molecule has 0 saturated carbocycles. The maximum atomic E-state index is 12.1. The quantitative estimate of drug-likeness (QED) is 0.0940. The highest BCUT2D eigenvalue weighted by Gasteiger charge is 2.26. The summed E-state index contributed by atoms with van der Waals surface area (Å²) in [5, 5.41) is 26.7. The third-order valence-electron chi connectivity index (χ3n) is 3.51. The summed E-state index contributed by atoms with van der Waals surface area (Å²) in [6.07, 6.45) is -0.881. The Hall–Kier alpha value is -2.87. The van der Waals surface area contributed by atoms with Crippen molar-refractivity contribution >= 4 is 48.7 Å². The van der Waals surface area contributed by atoms with Crippen molar-refractivity contribution in [1.82, 2.24) is 21.3 Å². The lowest BCUT2D eigenvalue weighted by Gasteiger charge is -2.19. The van der Waals surface area contributed by atoms with Crippen molar-refractivity contribution < 1.29 is 39.0 Å². The highest BCUT2D eigenvalue weighted by molar-refractivity contribution is 7.80. The maximum absolute atomic E-state index is 12.1. The topological polar surface area (TPSA) is 217 Å². The van der Waals surface area contributed by atoms with Crippen molar-refractivity contribution in [3.63, 3.8) is 0 Å². The predicted octanol–water partition coefficient (Wildman–Crippen LogP) is -3.59. The van der Waals surface area contributed by atoms with Crippen LogP contribution in [0.5, 0.6) is 0 Å². The van der Waals surface area contributed by atoms with Gasteiger partial charge in [0, 0.05) is 25.3 Å². The molecular weight excluding hydrogens is 410 g/mol. The molecular formula is C15H25N5O8S. The van der Waals surface area contributed by atoms with Gasteiger partial charge in [-0.15, -0.1) is 0 Å². The van der Waals surface area contributed by atoms with E-state index in [0.29, 0.717) is 5.75 Å². The van der Waals surface area contributed by atoms with E-state index >= 15 is 0 Å². The largest absolute Gasteiger partial charge is 0.481 e. The first-order valence-corrected chi connectivity index (χ1v) is 9.11. The molecule has 8 N–H and O–H groups in total. The fraction of sp³-hybridized carbons (Fsp3) is 0.600. The summed E-state index contributed by atoms with van der Waals surface area (Å²) in [5.41, 5.74) is 5.63. The molecule has 0 bridgehead atoms. The Bertz CT molecular complexity index is 618. The first-order valence-electron chi connectivity index (χ1n) is 8.47. The van der Waals surface area contributed by atoms with E-state index in [1.165, 1.54) is 0 Å². The third-order valence-corrected chi connectivity index (χ3v) is 3.73. The molecule has 0 rings (SSSR count). The molecule has 164 valence electrons. The molecule has 14 heteroatoms. The minimum Gasteiger partial charge on any atom is -0.481 e. The van der Waals surface area contributed by atoms with Gasteiger partial charge in [-0.25, -0.2) is 4.79 Å². The van der Waals surface area contributed by atoms with Gasteiger partial charge >= 0.3 is 11.9 Å².